The van der Waals surface area contributed by atoms with Crippen molar-refractivity contribution in [1.29, 1.82) is 0 Å². The molecule has 0 spiro atoms. The number of carboxylic acid groups (broad SMARTS) is 3. The Hall–Kier alpha value is -12.9. The van der Waals surface area contributed by atoms with Gasteiger partial charge in [0.1, 0.15) is 72.5 Å². The van der Waals surface area contributed by atoms with Crippen LogP contribution < -0.4 is 124 Å². The van der Waals surface area contributed by atoms with Crippen molar-refractivity contribution in [3.63, 3.8) is 0 Å². The number of carbonyl (C=O) groups is 24. The SMILES string of the molecule is CC[C@H](C)[C@H](NC(=O)[C@H](CC(C)C)NC(=O)CNC(=O)[C@@H](NC(=O)[C@H](CO)NC(=O)[C@@H](NC(=O)[C@@H](NC(=O)CNC(=O)CNC(=O)[C@H](C)NC(=O)[C@H](CCCCN)NC(=O)[C@H](CCC(=O)O)NC(=O)[C@H](CCC(=O)O)NC(=O)[C@H](CCC(N)=O)NC(=O)CNC(=O)[C@H](CC(=O)O)NC(=O)[C@@H](C)N)C(C)C)C(C)C)[C@@H](C)O)C(=O)NCC(=O)NCC(=O)NCC(N)=O. The maximum absolute atomic E-state index is 14.1. The molecule has 0 aromatic carbocycles. The zero-order valence-electron chi connectivity index (χ0n) is 72.1. The third-order valence-electron chi connectivity index (χ3n) is 18.2. The fourth-order valence-electron chi connectivity index (χ4n) is 11.0. The lowest BCUT2D eigenvalue weighted by Gasteiger charge is -2.29. The number of aliphatic hydroxyl groups excluding tert-OH is 2. The first kappa shape index (κ1) is 113. The van der Waals surface area contributed by atoms with Gasteiger partial charge in [0.2, 0.25) is 124 Å². The maximum Gasteiger partial charge on any atom is 0.305 e. The molecule has 21 amide bonds. The average molecular weight is 1800 g/mol. The van der Waals surface area contributed by atoms with Crippen LogP contribution in [0.1, 0.15) is 153 Å². The number of amides is 21. The van der Waals surface area contributed by atoms with Gasteiger partial charge < -0.3 is 149 Å². The van der Waals surface area contributed by atoms with Crippen LogP contribution in [-0.2, 0) is 115 Å². The summed E-state index contributed by atoms with van der Waals surface area (Å²) >= 11 is 0. The van der Waals surface area contributed by atoms with Gasteiger partial charge in [0.15, 0.2) is 0 Å². The van der Waals surface area contributed by atoms with Crippen LogP contribution in [-0.4, -0.2) is 311 Å². The van der Waals surface area contributed by atoms with Gasteiger partial charge in [0.25, 0.3) is 0 Å². The molecule has 710 valence electrons. The van der Waals surface area contributed by atoms with Crippen LogP contribution in [0.5, 0.6) is 0 Å². The largest absolute Gasteiger partial charge is 0.481 e. The number of nitrogens with one attached hydrogen (secondary N) is 19. The summed E-state index contributed by atoms with van der Waals surface area (Å²) in [6.45, 7) is 10.1. The minimum atomic E-state index is -1.92. The third kappa shape index (κ3) is 46.6. The number of primary amides is 2. The quantitative estimate of drug-likeness (QED) is 0.0251. The molecule has 0 aromatic heterocycles. The van der Waals surface area contributed by atoms with Gasteiger partial charge in [-0.05, 0) is 95.9 Å². The van der Waals surface area contributed by atoms with Crippen molar-refractivity contribution in [2.75, 3.05) is 59.0 Å². The number of aliphatic hydroxyl groups is 2. The molecule has 52 heteroatoms. The zero-order chi connectivity index (χ0) is 96.5. The Morgan fingerprint density at radius 2 is 0.675 bits per heavy atom. The third-order valence-corrected chi connectivity index (χ3v) is 18.2. The van der Waals surface area contributed by atoms with Gasteiger partial charge in [-0.2, -0.15) is 0 Å². The highest BCUT2D eigenvalue weighted by Gasteiger charge is 2.39. The second-order valence-electron chi connectivity index (χ2n) is 30.4. The van der Waals surface area contributed by atoms with Crippen LogP contribution >= 0.6 is 0 Å². The fraction of sp³-hybridized carbons (Fsp3) is 0.676. The summed E-state index contributed by atoms with van der Waals surface area (Å²) in [4.78, 5) is 310. The van der Waals surface area contributed by atoms with Gasteiger partial charge in [-0.15, -0.1) is 0 Å². The first-order chi connectivity index (χ1) is 58.8. The van der Waals surface area contributed by atoms with Gasteiger partial charge in [-0.25, -0.2) is 0 Å². The molecule has 0 saturated carbocycles. The molecule has 52 nitrogen and oxygen atoms in total. The standard InChI is InChI=1S/C74H125N23O29/c1-12-36(8)60(71(123)84-28-51(104)80-26-49(102)79-25-48(78)101)96-69(121)44(23-33(2)3)88-53(106)31-85-72(124)61(39(11)99)97-70(122)46(32-98)93-73(125)59(35(6)7)95-74(126)58(34(4)5)94-54(107)29-81-50(103)27-82-63(115)38(10)86-65(117)40(15-13-14-22-75)89-67(119)42(17-20-55(108)109)91-68(120)43(18-21-56(110)111)90-66(118)41(16-19-47(77)100)87-52(105)30-83-64(116)45(24-57(112)113)92-62(114)37(9)76/h33-46,58-61,98-99H,12-32,75-76H2,1-11H3,(H2,77,100)(H2,78,101)(H,79,102)(H,80,104)(H,81,103)(H,82,115)(H,83,116)(H,84,123)(H,85,124)(H,86,117)(H,87,105)(H,88,106)(H,89,119)(H,90,118)(H,91,120)(H,92,114)(H,93,125)(H,94,107)(H,95,126)(H,96,121)(H,97,122)(H,108,109)(H,110,111)(H,112,113)/t36-,37+,38-,39+,40-,41-,42-,43-,44-,45-,46-,58-,59-,60-,61-/m0/s1. The van der Waals surface area contributed by atoms with Gasteiger partial charge in [0.05, 0.1) is 71.0 Å². The molecule has 15 atom stereocenters. The van der Waals surface area contributed by atoms with E-state index in [4.69, 9.17) is 22.9 Å². The molecule has 0 heterocycles. The number of hydrogen-bond donors (Lipinski definition) is 28. The first-order valence-corrected chi connectivity index (χ1v) is 40.3. The molecular formula is C74H125N23O29. The van der Waals surface area contributed by atoms with Crippen molar-refractivity contribution in [3.8, 4) is 0 Å². The Labute approximate surface area is 724 Å². The molecule has 0 aliphatic rings. The Balaban J connectivity index is 6.17. The van der Waals surface area contributed by atoms with Gasteiger partial charge in [-0.1, -0.05) is 61.8 Å². The molecule has 0 aromatic rings. The average Bonchev–Trinajstić information content (AvgIpc) is 0.860. The van der Waals surface area contributed by atoms with E-state index in [1.54, 1.807) is 27.7 Å². The van der Waals surface area contributed by atoms with E-state index in [1.807, 2.05) is 0 Å². The smallest absolute Gasteiger partial charge is 0.305 e. The van der Waals surface area contributed by atoms with Crippen molar-refractivity contribution in [2.24, 2.45) is 46.6 Å². The van der Waals surface area contributed by atoms with Crippen molar-refractivity contribution >= 4 is 142 Å². The summed E-state index contributed by atoms with van der Waals surface area (Å²) in [6, 6.07) is -20.8. The molecule has 32 N–H and O–H groups in total. The molecular weight excluding hydrogens is 1670 g/mol. The minimum absolute atomic E-state index is 0.00899. The van der Waals surface area contributed by atoms with E-state index in [-0.39, 0.29) is 38.1 Å². The highest BCUT2D eigenvalue weighted by Crippen LogP contribution is 2.14. The highest BCUT2D eigenvalue weighted by molar-refractivity contribution is 6.01. The highest BCUT2D eigenvalue weighted by atomic mass is 16.4. The summed E-state index contributed by atoms with van der Waals surface area (Å²) in [5.74, 6) is -28.3. The van der Waals surface area contributed by atoms with Crippen molar-refractivity contribution < 1.29 is 141 Å². The monoisotopic (exact) mass is 1800 g/mol. The van der Waals surface area contributed by atoms with E-state index < -0.39 is 342 Å². The molecule has 0 aliphatic carbocycles. The van der Waals surface area contributed by atoms with Crippen LogP contribution in [0.15, 0.2) is 0 Å². The van der Waals surface area contributed by atoms with E-state index in [0.29, 0.717) is 6.42 Å². The lowest BCUT2D eigenvalue weighted by atomic mass is 9.96. The Bertz CT molecular complexity index is 3830. The van der Waals surface area contributed by atoms with Gasteiger partial charge in [-0.3, -0.25) is 115 Å². The number of hydrogen-bond acceptors (Lipinski definition) is 28. The van der Waals surface area contributed by atoms with Crippen molar-refractivity contribution in [3.05, 3.63) is 0 Å². The number of carbonyl (C=O) groups excluding carboxylic acids is 21. The Kier molecular flexibility index (Phi) is 53.0. The summed E-state index contributed by atoms with van der Waals surface area (Å²) < 4.78 is 0. The molecule has 0 bridgehead atoms. The molecule has 0 saturated heterocycles. The maximum atomic E-state index is 14.1. The van der Waals surface area contributed by atoms with Gasteiger partial charge >= 0.3 is 17.9 Å². The lowest BCUT2D eigenvalue weighted by molar-refractivity contribution is -0.141. The van der Waals surface area contributed by atoms with Crippen LogP contribution in [0.25, 0.3) is 0 Å². The van der Waals surface area contributed by atoms with Crippen LogP contribution in [0.3, 0.4) is 0 Å². The number of carboxylic acids is 3. The van der Waals surface area contributed by atoms with Crippen LogP contribution in [0.4, 0.5) is 0 Å². The van der Waals surface area contributed by atoms with Crippen LogP contribution in [0, 0.1) is 23.7 Å². The summed E-state index contributed by atoms with van der Waals surface area (Å²) in [7, 11) is 0. The second-order valence-corrected chi connectivity index (χ2v) is 30.4. The van der Waals surface area contributed by atoms with E-state index >= 15 is 0 Å². The summed E-state index contributed by atoms with van der Waals surface area (Å²) in [5.41, 5.74) is 21.4. The molecule has 0 rings (SSSR count). The normalized spacial score (nSPS) is 14.5. The molecule has 0 fully saturated rings. The number of aliphatic carboxylic acids is 3. The Morgan fingerprint density at radius 3 is 1.11 bits per heavy atom. The molecule has 0 unspecified atom stereocenters. The number of nitrogens with two attached hydrogens (primary N) is 4. The summed E-state index contributed by atoms with van der Waals surface area (Å²) in [5, 5.41) is 92.6. The number of unbranched alkanes of at least 4 members (excludes halogenated alkanes) is 1. The molecule has 126 heavy (non-hydrogen) atoms. The zero-order valence-corrected chi connectivity index (χ0v) is 72.1. The molecule has 0 aliphatic heterocycles. The van der Waals surface area contributed by atoms with Gasteiger partial charge in [0, 0.05) is 19.3 Å². The van der Waals surface area contributed by atoms with E-state index in [1.165, 1.54) is 34.6 Å². The predicted molar refractivity (Wildman–Crippen MR) is 437 cm³/mol. The first-order valence-electron chi connectivity index (χ1n) is 40.3. The summed E-state index contributed by atoms with van der Waals surface area (Å²) in [6.07, 6.45) is -6.43. The fourth-order valence-corrected chi connectivity index (χ4v) is 11.0. The predicted octanol–water partition coefficient (Wildman–Crippen LogP) is -13.2. The lowest BCUT2D eigenvalue weighted by Crippen LogP contribution is -2.62. The topological polar surface area (TPSA) is 843 Å². The van der Waals surface area contributed by atoms with E-state index in [0.717, 1.165) is 13.8 Å². The number of rotatable bonds is 62. The second kappa shape index (κ2) is 59.0. The minimum Gasteiger partial charge on any atom is -0.481 e. The Morgan fingerprint density at radius 1 is 0.317 bits per heavy atom. The molecule has 0 radical (unpaired) electrons. The van der Waals surface area contributed by atoms with Crippen molar-refractivity contribution in [2.45, 2.75) is 238 Å². The van der Waals surface area contributed by atoms with E-state index in [2.05, 4.69) is 101 Å². The van der Waals surface area contributed by atoms with E-state index in [9.17, 15) is 141 Å². The van der Waals surface area contributed by atoms with Crippen molar-refractivity contribution in [1.82, 2.24) is 101 Å². The van der Waals surface area contributed by atoms with Crippen LogP contribution in [0.2, 0.25) is 0 Å².